The summed E-state index contributed by atoms with van der Waals surface area (Å²) >= 11 is -0.274. The maximum absolute atomic E-state index is 5.70. The van der Waals surface area contributed by atoms with Gasteiger partial charge in [-0.25, -0.2) is 0 Å². The molecule has 0 aromatic rings. The van der Waals surface area contributed by atoms with Gasteiger partial charge in [0.05, 0.1) is 6.61 Å². The van der Waals surface area contributed by atoms with Crippen molar-refractivity contribution < 1.29 is 9.47 Å². The van der Waals surface area contributed by atoms with Gasteiger partial charge in [-0.05, 0) is 12.8 Å². The minimum absolute atomic E-state index is 0.274. The van der Waals surface area contributed by atoms with Crippen molar-refractivity contribution >= 4 is 28.3 Å². The summed E-state index contributed by atoms with van der Waals surface area (Å²) in [5.41, 5.74) is 0. The molecule has 0 atom stereocenters. The molecule has 16 heavy (non-hydrogen) atoms. The van der Waals surface area contributed by atoms with Gasteiger partial charge in [-0.1, -0.05) is 38.3 Å². The molecule has 2 nitrogen and oxygen atoms in total. The zero-order valence-electron chi connectivity index (χ0n) is 10.4. The summed E-state index contributed by atoms with van der Waals surface area (Å²) in [6.45, 7) is 4.20. The van der Waals surface area contributed by atoms with E-state index in [1.807, 2.05) is 0 Å². The van der Waals surface area contributed by atoms with E-state index in [0.717, 1.165) is 32.5 Å². The monoisotopic (exact) mass is 258 g/mol. The minimum Gasteiger partial charge on any atom is -0.355 e. The molecule has 0 aliphatic carbocycles. The van der Waals surface area contributed by atoms with E-state index in [0.29, 0.717) is 6.79 Å². The number of allylic oxidation sites excluding steroid dienone is 1. The molecular formula is C12H23ClMgO2. The zero-order valence-corrected chi connectivity index (χ0v) is 12.6. The fourth-order valence-electron chi connectivity index (χ4n) is 1.21. The van der Waals surface area contributed by atoms with E-state index >= 15 is 0 Å². The third kappa shape index (κ3) is 14.7. The Morgan fingerprint density at radius 2 is 1.81 bits per heavy atom. The lowest BCUT2D eigenvalue weighted by molar-refractivity contribution is -0.0531. The topological polar surface area (TPSA) is 18.5 Å². The van der Waals surface area contributed by atoms with Crippen LogP contribution in [0.15, 0.2) is 12.2 Å². The molecule has 0 aromatic heterocycles. The van der Waals surface area contributed by atoms with Gasteiger partial charge in [-0.3, -0.25) is 0 Å². The van der Waals surface area contributed by atoms with Crippen LogP contribution >= 0.6 is 9.07 Å². The smallest absolute Gasteiger partial charge is 0.355 e. The maximum Gasteiger partial charge on any atom is 0.501 e. The van der Waals surface area contributed by atoms with Crippen LogP contribution in [0.5, 0.6) is 0 Å². The van der Waals surface area contributed by atoms with Crippen LogP contribution in [0.25, 0.3) is 0 Å². The van der Waals surface area contributed by atoms with Crippen LogP contribution in [-0.2, 0) is 9.47 Å². The Hall–Kier alpha value is 0.716. The van der Waals surface area contributed by atoms with Crippen molar-refractivity contribution in [2.75, 3.05) is 20.0 Å². The van der Waals surface area contributed by atoms with Crippen LogP contribution in [0.4, 0.5) is 0 Å². The molecule has 0 rings (SSSR count). The van der Waals surface area contributed by atoms with Crippen molar-refractivity contribution in [2.45, 2.75) is 43.6 Å². The molecule has 0 aromatic carbocycles. The molecule has 4 heteroatoms. The van der Waals surface area contributed by atoms with E-state index in [-0.39, 0.29) is 19.3 Å². The van der Waals surface area contributed by atoms with Crippen molar-refractivity contribution in [3.05, 3.63) is 12.2 Å². The summed E-state index contributed by atoms with van der Waals surface area (Å²) < 4.78 is 11.8. The Morgan fingerprint density at radius 3 is 2.56 bits per heavy atom. The highest BCUT2D eigenvalue weighted by Gasteiger charge is 1.89. The Bertz CT molecular complexity index is 154. The first-order valence-corrected chi connectivity index (χ1v) is 9.42. The molecule has 0 saturated carbocycles. The van der Waals surface area contributed by atoms with E-state index < -0.39 is 0 Å². The second kappa shape index (κ2) is 15.7. The standard InChI is InChI=1S/C12H23O2.ClH.Mg/c1-3-5-7-9-11-14-12-13-10-8-6-4-2;;/h5,7H,1,3-4,6,8-12H2,2H3;1H;/q;;+1/p-1/b7-5-;;. The molecule has 0 N–H and O–H groups in total. The molecule has 0 saturated heterocycles. The predicted octanol–water partition coefficient (Wildman–Crippen LogP) is 3.78. The van der Waals surface area contributed by atoms with E-state index in [4.69, 9.17) is 18.5 Å². The molecule has 0 bridgehead atoms. The Kier molecular flexibility index (Phi) is 16.4. The number of unbranched alkanes of at least 4 members (excludes halogenated alkanes) is 2. The summed E-state index contributed by atoms with van der Waals surface area (Å²) in [6, 6.07) is 0. The third-order valence-corrected chi connectivity index (χ3v) is 3.64. The molecule has 0 fully saturated rings. The largest absolute Gasteiger partial charge is 0.501 e. The molecule has 0 unspecified atom stereocenters. The van der Waals surface area contributed by atoms with Crippen LogP contribution in [0, 0.1) is 0 Å². The van der Waals surface area contributed by atoms with Gasteiger partial charge in [0.2, 0.25) is 0 Å². The lowest BCUT2D eigenvalue weighted by atomic mass is 10.3. The number of ether oxygens (including phenoxy) is 2. The summed E-state index contributed by atoms with van der Waals surface area (Å²) in [6.07, 6.45) is 10.1. The molecule has 0 heterocycles. The van der Waals surface area contributed by atoms with Crippen LogP contribution in [0.2, 0.25) is 4.55 Å². The van der Waals surface area contributed by atoms with Crippen molar-refractivity contribution in [2.24, 2.45) is 0 Å². The third-order valence-electron chi connectivity index (χ3n) is 2.16. The van der Waals surface area contributed by atoms with Crippen LogP contribution in [0.3, 0.4) is 0 Å². The average molecular weight is 259 g/mol. The normalized spacial score (nSPS) is 10.9. The fraction of sp³-hybridized carbons (Fsp3) is 0.833. The van der Waals surface area contributed by atoms with Crippen molar-refractivity contribution in [3.8, 4) is 0 Å². The number of rotatable bonds is 12. The predicted molar refractivity (Wildman–Crippen MR) is 71.1 cm³/mol. The number of halogens is 1. The molecule has 0 aliphatic heterocycles. The van der Waals surface area contributed by atoms with Gasteiger partial charge in [0.15, 0.2) is 0 Å². The SMILES string of the molecule is CCCCCOCOCC/C=C\C[CH2][Mg][Cl]. The summed E-state index contributed by atoms with van der Waals surface area (Å²) in [7, 11) is 5.70. The summed E-state index contributed by atoms with van der Waals surface area (Å²) in [5.74, 6) is 0. The first-order chi connectivity index (χ1) is 7.91. The Balaban J connectivity index is 2.95. The van der Waals surface area contributed by atoms with Crippen molar-refractivity contribution in [3.63, 3.8) is 0 Å². The molecular weight excluding hydrogens is 236 g/mol. The lowest BCUT2D eigenvalue weighted by Crippen LogP contribution is -2.02. The van der Waals surface area contributed by atoms with Gasteiger partial charge < -0.3 is 18.5 Å². The van der Waals surface area contributed by atoms with Gasteiger partial charge in [0.25, 0.3) is 0 Å². The van der Waals surface area contributed by atoms with Crippen molar-refractivity contribution in [1.29, 1.82) is 0 Å². The summed E-state index contributed by atoms with van der Waals surface area (Å²) in [5, 5.41) is 0. The molecule has 0 spiro atoms. The second-order valence-corrected chi connectivity index (χ2v) is 5.95. The van der Waals surface area contributed by atoms with Gasteiger partial charge in [0.1, 0.15) is 6.79 Å². The lowest BCUT2D eigenvalue weighted by Gasteiger charge is -2.03. The first-order valence-electron chi connectivity index (χ1n) is 6.28. The highest BCUT2D eigenvalue weighted by molar-refractivity contribution is 6.93. The van der Waals surface area contributed by atoms with E-state index in [9.17, 15) is 0 Å². The zero-order chi connectivity index (χ0) is 11.9. The average Bonchev–Trinajstić information content (AvgIpc) is 2.31. The van der Waals surface area contributed by atoms with Crippen molar-refractivity contribution in [1.82, 2.24) is 0 Å². The molecule has 92 valence electrons. The van der Waals surface area contributed by atoms with E-state index in [1.54, 1.807) is 0 Å². The highest BCUT2D eigenvalue weighted by atomic mass is 35.5. The number of hydrogen-bond donors (Lipinski definition) is 0. The van der Waals surface area contributed by atoms with Crippen LogP contribution in [0.1, 0.15) is 39.0 Å². The van der Waals surface area contributed by atoms with Crippen LogP contribution in [-0.4, -0.2) is 39.3 Å². The minimum atomic E-state index is -0.274. The molecule has 0 amide bonds. The molecule has 0 aliphatic rings. The van der Waals surface area contributed by atoms with Gasteiger partial charge in [-0.2, -0.15) is 0 Å². The second-order valence-electron chi connectivity index (χ2n) is 3.73. The van der Waals surface area contributed by atoms with E-state index in [1.165, 1.54) is 17.4 Å². The van der Waals surface area contributed by atoms with Gasteiger partial charge in [0, 0.05) is 6.61 Å². The van der Waals surface area contributed by atoms with Crippen LogP contribution < -0.4 is 0 Å². The highest BCUT2D eigenvalue weighted by Crippen LogP contribution is 1.96. The van der Waals surface area contributed by atoms with Gasteiger partial charge >= 0.3 is 19.3 Å². The Labute approximate surface area is 113 Å². The number of hydrogen-bond acceptors (Lipinski definition) is 2. The maximum atomic E-state index is 5.70. The Morgan fingerprint density at radius 1 is 1.06 bits per heavy atom. The first kappa shape index (κ1) is 16.7. The summed E-state index contributed by atoms with van der Waals surface area (Å²) in [4.78, 5) is 0. The van der Waals surface area contributed by atoms with Gasteiger partial charge in [-0.15, -0.1) is 4.55 Å². The van der Waals surface area contributed by atoms with E-state index in [2.05, 4.69) is 19.1 Å². The quantitative estimate of drug-likeness (QED) is 0.230. The fourth-order valence-corrected chi connectivity index (χ4v) is 2.07. The molecule has 0 radical (unpaired) electrons.